The molecule has 1 heterocycles. The molecule has 0 saturated carbocycles. The van der Waals surface area contributed by atoms with E-state index in [0.29, 0.717) is 28.6 Å². The average Bonchev–Trinajstić information content (AvgIpc) is 2.61. The Morgan fingerprint density at radius 1 is 1.18 bits per heavy atom. The molecule has 0 bridgehead atoms. The molecule has 2 rings (SSSR count). The number of benzene rings is 1. The number of ketones is 1. The predicted molar refractivity (Wildman–Crippen MR) is 110 cm³/mol. The highest BCUT2D eigenvalue weighted by atomic mass is 35.5. The van der Waals surface area contributed by atoms with Crippen molar-refractivity contribution in [2.75, 3.05) is 12.4 Å². The van der Waals surface area contributed by atoms with Gasteiger partial charge in [-0.2, -0.15) is 0 Å². The molecule has 150 valence electrons. The van der Waals surface area contributed by atoms with Crippen LogP contribution >= 0.6 is 11.6 Å². The lowest BCUT2D eigenvalue weighted by atomic mass is 10.1. The van der Waals surface area contributed by atoms with E-state index in [2.05, 4.69) is 10.3 Å². The monoisotopic (exact) mass is 404 g/mol. The van der Waals surface area contributed by atoms with Gasteiger partial charge in [0.2, 0.25) is 5.88 Å². The zero-order valence-corrected chi connectivity index (χ0v) is 17.7. The van der Waals surface area contributed by atoms with E-state index in [-0.39, 0.29) is 17.2 Å². The highest BCUT2D eigenvalue weighted by molar-refractivity contribution is 6.30. The number of aryl methyl sites for hydroxylation is 3. The van der Waals surface area contributed by atoms with Gasteiger partial charge in [-0.15, -0.1) is 0 Å². The third-order valence-corrected chi connectivity index (χ3v) is 4.57. The van der Waals surface area contributed by atoms with Gasteiger partial charge in [-0.05, 0) is 63.4 Å². The Morgan fingerprint density at radius 2 is 1.79 bits per heavy atom. The van der Waals surface area contributed by atoms with Crippen LogP contribution in [0.2, 0.25) is 5.02 Å². The SMILES string of the molecule is CCC(Nc1cc(C)nc(Oc2c(C)cc(Cl)cc2C)c1C(=O)OC)C(C)=O. The Bertz CT molecular complexity index is 889. The molecule has 6 nitrogen and oxygen atoms in total. The zero-order chi connectivity index (χ0) is 21.0. The maximum atomic E-state index is 12.5. The van der Waals surface area contributed by atoms with Gasteiger partial charge in [0.15, 0.2) is 5.78 Å². The van der Waals surface area contributed by atoms with E-state index in [9.17, 15) is 9.59 Å². The van der Waals surface area contributed by atoms with Crippen molar-refractivity contribution in [3.8, 4) is 11.6 Å². The van der Waals surface area contributed by atoms with Gasteiger partial charge in [0.1, 0.15) is 11.3 Å². The predicted octanol–water partition coefficient (Wildman–Crippen LogP) is 5.02. The highest BCUT2D eigenvalue weighted by Gasteiger charge is 2.25. The minimum absolute atomic E-state index is 0.0281. The van der Waals surface area contributed by atoms with Gasteiger partial charge in [-0.3, -0.25) is 4.79 Å². The first-order valence-corrected chi connectivity index (χ1v) is 9.37. The number of methoxy groups -OCH3 is 1. The number of carbonyl (C=O) groups is 2. The molecular weight excluding hydrogens is 380 g/mol. The molecule has 0 radical (unpaired) electrons. The molecule has 0 amide bonds. The summed E-state index contributed by atoms with van der Waals surface area (Å²) in [6.45, 7) is 8.91. The third-order valence-electron chi connectivity index (χ3n) is 4.36. The van der Waals surface area contributed by atoms with Gasteiger partial charge < -0.3 is 14.8 Å². The molecule has 28 heavy (non-hydrogen) atoms. The first kappa shape index (κ1) is 21.7. The number of nitrogens with one attached hydrogen (secondary N) is 1. The van der Waals surface area contributed by atoms with Crippen LogP contribution < -0.4 is 10.1 Å². The Balaban J connectivity index is 2.61. The van der Waals surface area contributed by atoms with Crippen LogP contribution in [0, 0.1) is 20.8 Å². The summed E-state index contributed by atoms with van der Waals surface area (Å²) in [7, 11) is 1.29. The first-order valence-electron chi connectivity index (χ1n) is 8.99. The van der Waals surface area contributed by atoms with Crippen molar-refractivity contribution in [2.45, 2.75) is 47.1 Å². The van der Waals surface area contributed by atoms with E-state index in [1.54, 1.807) is 25.1 Å². The van der Waals surface area contributed by atoms with Crippen LogP contribution in [0.3, 0.4) is 0 Å². The molecule has 0 aliphatic carbocycles. The second-order valence-corrected chi connectivity index (χ2v) is 7.11. The lowest BCUT2D eigenvalue weighted by Gasteiger charge is -2.20. The molecule has 2 aromatic rings. The van der Waals surface area contributed by atoms with Gasteiger partial charge in [0.25, 0.3) is 0 Å². The fourth-order valence-corrected chi connectivity index (χ4v) is 3.29. The summed E-state index contributed by atoms with van der Waals surface area (Å²) >= 11 is 6.10. The number of Topliss-reactive ketones (excluding diaryl/α,β-unsaturated/α-hetero) is 1. The van der Waals surface area contributed by atoms with Crippen LogP contribution in [-0.2, 0) is 9.53 Å². The minimum Gasteiger partial charge on any atom is -0.465 e. The van der Waals surface area contributed by atoms with Crippen LogP contribution in [0.1, 0.15) is 47.4 Å². The Labute approximate surface area is 170 Å². The molecule has 7 heteroatoms. The number of rotatable bonds is 7. The van der Waals surface area contributed by atoms with E-state index < -0.39 is 12.0 Å². The Morgan fingerprint density at radius 3 is 2.29 bits per heavy atom. The van der Waals surface area contributed by atoms with E-state index in [4.69, 9.17) is 21.1 Å². The number of aromatic nitrogens is 1. The molecule has 0 fully saturated rings. The molecule has 0 saturated heterocycles. The Kier molecular flexibility index (Phi) is 7.02. The number of ether oxygens (including phenoxy) is 2. The van der Waals surface area contributed by atoms with Crippen molar-refractivity contribution in [1.82, 2.24) is 4.98 Å². The molecule has 0 aliphatic rings. The van der Waals surface area contributed by atoms with E-state index >= 15 is 0 Å². The lowest BCUT2D eigenvalue weighted by molar-refractivity contribution is -0.117. The van der Waals surface area contributed by atoms with Crippen molar-refractivity contribution in [3.05, 3.63) is 45.6 Å². The number of hydrogen-bond donors (Lipinski definition) is 1. The van der Waals surface area contributed by atoms with Crippen LogP contribution in [0.15, 0.2) is 18.2 Å². The van der Waals surface area contributed by atoms with Gasteiger partial charge >= 0.3 is 5.97 Å². The second kappa shape index (κ2) is 9.06. The molecular formula is C21H25ClN2O4. The molecule has 1 aromatic carbocycles. The van der Waals surface area contributed by atoms with Crippen LogP contribution in [-0.4, -0.2) is 29.9 Å². The van der Waals surface area contributed by atoms with Crippen molar-refractivity contribution in [2.24, 2.45) is 0 Å². The van der Waals surface area contributed by atoms with Crippen LogP contribution in [0.4, 0.5) is 5.69 Å². The maximum absolute atomic E-state index is 12.5. The second-order valence-electron chi connectivity index (χ2n) is 6.67. The topological polar surface area (TPSA) is 77.5 Å². The number of nitrogens with zero attached hydrogens (tertiary/aromatic N) is 1. The largest absolute Gasteiger partial charge is 0.465 e. The number of halogens is 1. The smallest absolute Gasteiger partial charge is 0.345 e. The Hall–Kier alpha value is -2.60. The van der Waals surface area contributed by atoms with Gasteiger partial charge in [-0.1, -0.05) is 18.5 Å². The van der Waals surface area contributed by atoms with Gasteiger partial charge in [0.05, 0.1) is 18.8 Å². The number of carbonyl (C=O) groups excluding carboxylic acids is 2. The quantitative estimate of drug-likeness (QED) is 0.653. The molecule has 0 spiro atoms. The summed E-state index contributed by atoms with van der Waals surface area (Å²) in [4.78, 5) is 28.8. The fourth-order valence-electron chi connectivity index (χ4n) is 2.97. The average molecular weight is 405 g/mol. The van der Waals surface area contributed by atoms with E-state index in [1.165, 1.54) is 14.0 Å². The number of pyridine rings is 1. The third kappa shape index (κ3) is 4.81. The molecule has 0 aliphatic heterocycles. The number of hydrogen-bond acceptors (Lipinski definition) is 6. The summed E-state index contributed by atoms with van der Waals surface area (Å²) in [6, 6.07) is 4.82. The first-order chi connectivity index (χ1) is 13.2. The number of esters is 1. The standard InChI is InChI=1S/C21H25ClN2O4/c1-7-16(14(5)25)24-17-10-13(4)23-20(18(17)21(26)27-6)28-19-11(2)8-15(22)9-12(19)3/h8-10,16H,7H2,1-6H3,(H,23,24). The summed E-state index contributed by atoms with van der Waals surface area (Å²) in [5.41, 5.74) is 2.85. The number of anilines is 1. The summed E-state index contributed by atoms with van der Waals surface area (Å²) in [6.07, 6.45) is 0.572. The van der Waals surface area contributed by atoms with Gasteiger partial charge in [-0.25, -0.2) is 9.78 Å². The van der Waals surface area contributed by atoms with Crippen LogP contribution in [0.5, 0.6) is 11.6 Å². The normalized spacial score (nSPS) is 11.7. The van der Waals surface area contributed by atoms with Crippen molar-refractivity contribution < 1.29 is 19.1 Å². The molecule has 1 N–H and O–H groups in total. The molecule has 1 unspecified atom stereocenters. The van der Waals surface area contributed by atoms with Gasteiger partial charge in [0, 0.05) is 10.7 Å². The zero-order valence-electron chi connectivity index (χ0n) is 17.0. The summed E-state index contributed by atoms with van der Waals surface area (Å²) in [5.74, 6) is 0.0470. The van der Waals surface area contributed by atoms with Crippen molar-refractivity contribution in [1.29, 1.82) is 0 Å². The van der Waals surface area contributed by atoms with Crippen LogP contribution in [0.25, 0.3) is 0 Å². The van der Waals surface area contributed by atoms with Crippen molar-refractivity contribution in [3.63, 3.8) is 0 Å². The minimum atomic E-state index is -0.604. The lowest BCUT2D eigenvalue weighted by Crippen LogP contribution is -2.28. The molecule has 1 atom stereocenters. The summed E-state index contributed by atoms with van der Waals surface area (Å²) < 4.78 is 11.0. The highest BCUT2D eigenvalue weighted by Crippen LogP contribution is 2.35. The van der Waals surface area contributed by atoms with E-state index in [1.807, 2.05) is 20.8 Å². The van der Waals surface area contributed by atoms with Crippen molar-refractivity contribution >= 4 is 29.0 Å². The summed E-state index contributed by atoms with van der Waals surface area (Å²) in [5, 5.41) is 3.73. The molecule has 1 aromatic heterocycles. The van der Waals surface area contributed by atoms with E-state index in [0.717, 1.165) is 11.1 Å². The maximum Gasteiger partial charge on any atom is 0.345 e. The fraction of sp³-hybridized carbons (Fsp3) is 0.381.